The van der Waals surface area contributed by atoms with Gasteiger partial charge in [-0.15, -0.1) is 21.5 Å². The molecule has 0 aliphatic heterocycles. The molecule has 2 aromatic heterocycles. The van der Waals surface area contributed by atoms with Crippen LogP contribution in [0, 0.1) is 0 Å². The van der Waals surface area contributed by atoms with E-state index in [-0.39, 0.29) is 5.25 Å². The topological polar surface area (TPSA) is 51.8 Å². The lowest BCUT2D eigenvalue weighted by Gasteiger charge is -2.09. The Balaban J connectivity index is 2.09. The number of thioether (sulfide) groups is 2. The van der Waals surface area contributed by atoms with E-state index in [2.05, 4.69) is 37.6 Å². The molecule has 0 bridgehead atoms. The Morgan fingerprint density at radius 1 is 1.47 bits per heavy atom. The summed E-state index contributed by atoms with van der Waals surface area (Å²) in [6.07, 6.45) is 2.01. The lowest BCUT2D eigenvalue weighted by Crippen LogP contribution is -2.07. The molecule has 2 heterocycles. The van der Waals surface area contributed by atoms with E-state index in [0.717, 1.165) is 13.2 Å². The van der Waals surface area contributed by atoms with Gasteiger partial charge in [-0.25, -0.2) is 0 Å². The van der Waals surface area contributed by atoms with E-state index in [9.17, 15) is 0 Å². The molecule has 0 fully saturated rings. The van der Waals surface area contributed by atoms with Crippen LogP contribution in [-0.4, -0.2) is 23.0 Å². The Morgan fingerprint density at radius 3 is 2.76 bits per heavy atom. The van der Waals surface area contributed by atoms with Gasteiger partial charge in [0.15, 0.2) is 8.68 Å². The number of thiophene rings is 1. The number of rotatable bonds is 5. The molecule has 1 atom stereocenters. The first-order valence-electron chi connectivity index (χ1n) is 4.71. The second-order valence-electron chi connectivity index (χ2n) is 3.05. The lowest BCUT2D eigenvalue weighted by molar-refractivity contribution is 0.931. The van der Waals surface area contributed by atoms with Gasteiger partial charge in [-0.2, -0.15) is 0 Å². The first-order valence-corrected chi connectivity index (χ1v) is 9.30. The van der Waals surface area contributed by atoms with Crippen molar-refractivity contribution in [3.8, 4) is 0 Å². The first-order chi connectivity index (χ1) is 8.22. The van der Waals surface area contributed by atoms with Gasteiger partial charge >= 0.3 is 0 Å². The molecule has 17 heavy (non-hydrogen) atoms. The van der Waals surface area contributed by atoms with Crippen LogP contribution in [-0.2, 0) is 0 Å². The van der Waals surface area contributed by atoms with Crippen LogP contribution in [0.2, 0.25) is 0 Å². The van der Waals surface area contributed by atoms with Crippen LogP contribution in [0.4, 0.5) is 0 Å². The summed E-state index contributed by atoms with van der Waals surface area (Å²) >= 11 is 10.1. The van der Waals surface area contributed by atoms with E-state index in [1.807, 2.05) is 6.26 Å². The number of nitrogens with zero attached hydrogens (tertiary/aromatic N) is 2. The number of hydrogen-bond acceptors (Lipinski definition) is 7. The highest BCUT2D eigenvalue weighted by Gasteiger charge is 2.16. The van der Waals surface area contributed by atoms with Gasteiger partial charge in [-0.1, -0.05) is 34.9 Å². The van der Waals surface area contributed by atoms with Crippen LogP contribution in [0.1, 0.15) is 10.1 Å². The van der Waals surface area contributed by atoms with Crippen LogP contribution >= 0.6 is 62.1 Å². The predicted octanol–water partition coefficient (Wildman–Crippen LogP) is 3.88. The Kier molecular flexibility index (Phi) is 5.31. The molecule has 0 amide bonds. The van der Waals surface area contributed by atoms with Gasteiger partial charge in [0.1, 0.15) is 0 Å². The fourth-order valence-electron chi connectivity index (χ4n) is 1.17. The molecule has 2 N–H and O–H groups in total. The van der Waals surface area contributed by atoms with E-state index in [1.165, 1.54) is 4.88 Å². The van der Waals surface area contributed by atoms with Crippen LogP contribution in [0.15, 0.2) is 24.6 Å². The Morgan fingerprint density at radius 2 is 2.24 bits per heavy atom. The highest BCUT2D eigenvalue weighted by molar-refractivity contribution is 9.10. The van der Waals surface area contributed by atoms with Crippen molar-refractivity contribution in [3.63, 3.8) is 0 Å². The normalized spacial score (nSPS) is 12.9. The zero-order valence-corrected chi connectivity index (χ0v) is 13.8. The minimum Gasteiger partial charge on any atom is -0.329 e. The third kappa shape index (κ3) is 3.68. The van der Waals surface area contributed by atoms with Crippen molar-refractivity contribution in [1.29, 1.82) is 0 Å². The summed E-state index contributed by atoms with van der Waals surface area (Å²) in [5, 5.41) is 10.6. The summed E-state index contributed by atoms with van der Waals surface area (Å²) in [5.74, 6) is 0. The van der Waals surface area contributed by atoms with Gasteiger partial charge in [0.2, 0.25) is 0 Å². The summed E-state index contributed by atoms with van der Waals surface area (Å²) in [6, 6.07) is 2.12. The first kappa shape index (κ1) is 13.8. The summed E-state index contributed by atoms with van der Waals surface area (Å²) in [5.41, 5.74) is 5.82. The van der Waals surface area contributed by atoms with Crippen molar-refractivity contribution in [2.45, 2.75) is 13.9 Å². The molecule has 1 unspecified atom stereocenters. The number of hydrogen-bond donors (Lipinski definition) is 1. The zero-order valence-electron chi connectivity index (χ0n) is 8.92. The summed E-state index contributed by atoms with van der Waals surface area (Å²) < 4.78 is 3.09. The van der Waals surface area contributed by atoms with Gasteiger partial charge in [0.05, 0.1) is 5.25 Å². The molecule has 0 aromatic carbocycles. The molecular formula is C9H10BrN3S4. The van der Waals surface area contributed by atoms with E-state index >= 15 is 0 Å². The lowest BCUT2D eigenvalue weighted by atomic mass is 10.3. The predicted molar refractivity (Wildman–Crippen MR) is 81.4 cm³/mol. The smallest absolute Gasteiger partial charge is 0.175 e. The van der Waals surface area contributed by atoms with Crippen LogP contribution in [0.5, 0.6) is 0 Å². The van der Waals surface area contributed by atoms with Gasteiger partial charge in [0, 0.05) is 21.3 Å². The summed E-state index contributed by atoms with van der Waals surface area (Å²) in [6.45, 7) is 0.603. The third-order valence-corrected chi connectivity index (χ3v) is 7.13. The molecule has 0 aliphatic carbocycles. The molecule has 3 nitrogen and oxygen atoms in total. The number of nitrogens with two attached hydrogens (primary N) is 1. The largest absolute Gasteiger partial charge is 0.329 e. The Hall–Kier alpha value is 0.400. The average molecular weight is 368 g/mol. The minimum absolute atomic E-state index is 0.258. The summed E-state index contributed by atoms with van der Waals surface area (Å²) in [4.78, 5) is 1.27. The minimum atomic E-state index is 0.258. The maximum absolute atomic E-state index is 5.82. The highest BCUT2D eigenvalue weighted by Crippen LogP contribution is 2.40. The maximum atomic E-state index is 5.82. The molecule has 0 saturated heterocycles. The fourth-order valence-corrected chi connectivity index (χ4v) is 5.47. The van der Waals surface area contributed by atoms with Crippen LogP contribution in [0.3, 0.4) is 0 Å². The number of aromatic nitrogens is 2. The molecular weight excluding hydrogens is 358 g/mol. The van der Waals surface area contributed by atoms with Crippen molar-refractivity contribution in [3.05, 3.63) is 20.8 Å². The quantitative estimate of drug-likeness (QED) is 0.812. The van der Waals surface area contributed by atoms with Crippen molar-refractivity contribution in [2.24, 2.45) is 5.73 Å². The molecule has 92 valence electrons. The number of halogens is 1. The molecule has 0 spiro atoms. The maximum Gasteiger partial charge on any atom is 0.175 e. The van der Waals surface area contributed by atoms with Crippen molar-refractivity contribution in [2.75, 3.05) is 12.8 Å². The summed E-state index contributed by atoms with van der Waals surface area (Å²) in [7, 11) is 0. The van der Waals surface area contributed by atoms with Gasteiger partial charge in [0.25, 0.3) is 0 Å². The van der Waals surface area contributed by atoms with Gasteiger partial charge in [-0.3, -0.25) is 0 Å². The highest BCUT2D eigenvalue weighted by atomic mass is 79.9. The van der Waals surface area contributed by atoms with Crippen LogP contribution in [0.25, 0.3) is 0 Å². The molecule has 2 rings (SSSR count). The Bertz CT molecular complexity index is 484. The van der Waals surface area contributed by atoms with Crippen molar-refractivity contribution >= 4 is 62.1 Å². The van der Waals surface area contributed by atoms with Crippen molar-refractivity contribution in [1.82, 2.24) is 10.2 Å². The molecule has 8 heteroatoms. The monoisotopic (exact) mass is 367 g/mol. The average Bonchev–Trinajstić information content (AvgIpc) is 2.94. The van der Waals surface area contributed by atoms with E-state index in [4.69, 9.17) is 5.73 Å². The third-order valence-electron chi connectivity index (χ3n) is 1.92. The van der Waals surface area contributed by atoms with E-state index in [1.54, 1.807) is 46.2 Å². The van der Waals surface area contributed by atoms with Crippen LogP contribution < -0.4 is 5.73 Å². The SMILES string of the molecule is CSc1nnc(SC(CN)c2cc(Br)cs2)s1. The molecule has 0 saturated carbocycles. The molecule has 0 aliphatic rings. The fraction of sp³-hybridized carbons (Fsp3) is 0.333. The molecule has 2 aromatic rings. The second kappa shape index (κ2) is 6.53. The zero-order chi connectivity index (χ0) is 12.3. The van der Waals surface area contributed by atoms with Gasteiger partial charge in [-0.05, 0) is 28.3 Å². The van der Waals surface area contributed by atoms with E-state index < -0.39 is 0 Å². The van der Waals surface area contributed by atoms with E-state index in [0.29, 0.717) is 6.54 Å². The van der Waals surface area contributed by atoms with Crippen molar-refractivity contribution < 1.29 is 0 Å². The molecule has 0 radical (unpaired) electrons. The Labute approximate surface area is 125 Å². The standard InChI is InChI=1S/C9H10BrN3S4/c1-14-8-12-13-9(17-8)16-7(3-11)6-2-5(10)4-15-6/h2,4,7H,3,11H2,1H3. The van der Waals surface area contributed by atoms with Gasteiger partial charge < -0.3 is 5.73 Å². The second-order valence-corrected chi connectivity index (χ2v) is 8.39.